The summed E-state index contributed by atoms with van der Waals surface area (Å²) in [4.78, 5) is 2.20. The number of benzene rings is 2. The zero-order valence-corrected chi connectivity index (χ0v) is 13.0. The molecule has 2 aromatic carbocycles. The summed E-state index contributed by atoms with van der Waals surface area (Å²) in [7, 11) is 2.07. The van der Waals surface area contributed by atoms with Gasteiger partial charge in [-0.15, -0.1) is 0 Å². The maximum absolute atomic E-state index is 6.05. The van der Waals surface area contributed by atoms with Gasteiger partial charge in [-0.1, -0.05) is 36.4 Å². The Morgan fingerprint density at radius 1 is 1.00 bits per heavy atom. The van der Waals surface area contributed by atoms with Crippen molar-refractivity contribution in [2.75, 3.05) is 18.5 Å². The standard InChI is InChI=1S/C18H24N2O/c1-14(2)21-18-12-8-7-11-16(18)17(13-19)20(3)15-9-5-4-6-10-15/h4-12,14,17H,13,19H2,1-3H3. The number of para-hydroxylation sites is 2. The van der Waals surface area contributed by atoms with Crippen LogP contribution in [0.25, 0.3) is 0 Å². The fourth-order valence-electron chi connectivity index (χ4n) is 2.45. The molecule has 0 fully saturated rings. The van der Waals surface area contributed by atoms with E-state index in [1.165, 1.54) is 0 Å². The molecule has 0 saturated heterocycles. The second-order valence-electron chi connectivity index (χ2n) is 5.40. The van der Waals surface area contributed by atoms with Crippen LogP contribution in [0.5, 0.6) is 5.75 Å². The molecule has 21 heavy (non-hydrogen) atoms. The van der Waals surface area contributed by atoms with Crippen molar-refractivity contribution in [2.45, 2.75) is 26.0 Å². The van der Waals surface area contributed by atoms with E-state index in [4.69, 9.17) is 10.5 Å². The highest BCUT2D eigenvalue weighted by Gasteiger charge is 2.20. The minimum absolute atomic E-state index is 0.0855. The van der Waals surface area contributed by atoms with Gasteiger partial charge in [-0.2, -0.15) is 0 Å². The Labute approximate surface area is 127 Å². The van der Waals surface area contributed by atoms with Crippen LogP contribution in [0.4, 0.5) is 5.69 Å². The lowest BCUT2D eigenvalue weighted by molar-refractivity contribution is 0.238. The molecular weight excluding hydrogens is 260 g/mol. The van der Waals surface area contributed by atoms with Crippen molar-refractivity contribution in [2.24, 2.45) is 5.73 Å². The third kappa shape index (κ3) is 3.76. The molecule has 3 heteroatoms. The summed E-state index contributed by atoms with van der Waals surface area (Å²) in [5, 5.41) is 0. The first-order valence-corrected chi connectivity index (χ1v) is 7.37. The highest BCUT2D eigenvalue weighted by molar-refractivity contribution is 5.50. The van der Waals surface area contributed by atoms with Gasteiger partial charge >= 0.3 is 0 Å². The fourth-order valence-corrected chi connectivity index (χ4v) is 2.45. The summed E-state index contributed by atoms with van der Waals surface area (Å²) < 4.78 is 5.93. The third-order valence-electron chi connectivity index (χ3n) is 3.49. The van der Waals surface area contributed by atoms with Gasteiger partial charge in [0.1, 0.15) is 5.75 Å². The van der Waals surface area contributed by atoms with Gasteiger partial charge in [0, 0.05) is 24.8 Å². The molecular formula is C18H24N2O. The lowest BCUT2D eigenvalue weighted by atomic mass is 10.0. The van der Waals surface area contributed by atoms with Crippen LogP contribution in [0.15, 0.2) is 54.6 Å². The number of nitrogens with two attached hydrogens (primary N) is 1. The molecule has 2 rings (SSSR count). The number of nitrogens with zero attached hydrogens (tertiary/aromatic N) is 1. The van der Waals surface area contributed by atoms with Crippen molar-refractivity contribution in [3.8, 4) is 5.75 Å². The molecule has 2 aromatic rings. The van der Waals surface area contributed by atoms with Crippen LogP contribution in [-0.2, 0) is 0 Å². The predicted octanol–water partition coefficient (Wildman–Crippen LogP) is 3.61. The Hall–Kier alpha value is -2.00. The molecule has 0 amide bonds. The molecule has 0 aromatic heterocycles. The molecule has 0 heterocycles. The third-order valence-corrected chi connectivity index (χ3v) is 3.49. The zero-order valence-electron chi connectivity index (χ0n) is 13.0. The molecule has 0 bridgehead atoms. The molecule has 0 radical (unpaired) electrons. The first-order valence-electron chi connectivity index (χ1n) is 7.37. The number of anilines is 1. The highest BCUT2D eigenvalue weighted by Crippen LogP contribution is 2.31. The van der Waals surface area contributed by atoms with E-state index in [1.807, 2.05) is 50.2 Å². The Morgan fingerprint density at radius 2 is 1.62 bits per heavy atom. The summed E-state index contributed by atoms with van der Waals surface area (Å²) >= 11 is 0. The van der Waals surface area contributed by atoms with Gasteiger partial charge < -0.3 is 15.4 Å². The Kier molecular flexibility index (Phi) is 5.23. The van der Waals surface area contributed by atoms with E-state index in [1.54, 1.807) is 0 Å². The van der Waals surface area contributed by atoms with Gasteiger partial charge in [0.25, 0.3) is 0 Å². The van der Waals surface area contributed by atoms with Crippen molar-refractivity contribution < 1.29 is 4.74 Å². The molecule has 1 unspecified atom stereocenters. The van der Waals surface area contributed by atoms with Crippen LogP contribution in [0.1, 0.15) is 25.5 Å². The van der Waals surface area contributed by atoms with E-state index in [-0.39, 0.29) is 12.1 Å². The van der Waals surface area contributed by atoms with Crippen molar-refractivity contribution >= 4 is 5.69 Å². The van der Waals surface area contributed by atoms with Crippen molar-refractivity contribution in [1.29, 1.82) is 0 Å². The van der Waals surface area contributed by atoms with E-state index >= 15 is 0 Å². The number of ether oxygens (including phenoxy) is 1. The van der Waals surface area contributed by atoms with Gasteiger partial charge in [0.15, 0.2) is 0 Å². The van der Waals surface area contributed by atoms with E-state index in [0.717, 1.165) is 17.0 Å². The molecule has 0 spiro atoms. The van der Waals surface area contributed by atoms with Gasteiger partial charge in [-0.05, 0) is 32.0 Å². The van der Waals surface area contributed by atoms with Crippen LogP contribution in [-0.4, -0.2) is 19.7 Å². The number of hydrogen-bond acceptors (Lipinski definition) is 3. The normalized spacial score (nSPS) is 12.2. The monoisotopic (exact) mass is 284 g/mol. The van der Waals surface area contributed by atoms with Crippen LogP contribution < -0.4 is 15.4 Å². The minimum Gasteiger partial charge on any atom is -0.491 e. The van der Waals surface area contributed by atoms with E-state index < -0.39 is 0 Å². The summed E-state index contributed by atoms with van der Waals surface area (Å²) in [6.07, 6.45) is 0.145. The van der Waals surface area contributed by atoms with Gasteiger partial charge in [-0.25, -0.2) is 0 Å². The molecule has 0 aliphatic rings. The molecule has 0 aliphatic heterocycles. The Bertz CT molecular complexity index is 554. The first-order chi connectivity index (χ1) is 10.1. The smallest absolute Gasteiger partial charge is 0.125 e. The second-order valence-corrected chi connectivity index (χ2v) is 5.40. The summed E-state index contributed by atoms with van der Waals surface area (Å²) in [5.74, 6) is 0.908. The summed E-state index contributed by atoms with van der Waals surface area (Å²) in [6.45, 7) is 4.61. The quantitative estimate of drug-likeness (QED) is 0.880. The number of rotatable bonds is 6. The zero-order chi connectivity index (χ0) is 15.2. The molecule has 1 atom stereocenters. The maximum Gasteiger partial charge on any atom is 0.125 e. The van der Waals surface area contributed by atoms with E-state index in [9.17, 15) is 0 Å². The minimum atomic E-state index is 0.0855. The molecule has 2 N–H and O–H groups in total. The van der Waals surface area contributed by atoms with Crippen LogP contribution in [0.3, 0.4) is 0 Å². The second kappa shape index (κ2) is 7.14. The Balaban J connectivity index is 2.33. The van der Waals surface area contributed by atoms with Crippen molar-refractivity contribution in [1.82, 2.24) is 0 Å². The molecule has 0 saturated carbocycles. The van der Waals surface area contributed by atoms with Crippen LogP contribution in [0.2, 0.25) is 0 Å². The first kappa shape index (κ1) is 15.4. The lowest BCUT2D eigenvalue weighted by Gasteiger charge is -2.31. The number of hydrogen-bond donors (Lipinski definition) is 1. The molecule has 112 valence electrons. The van der Waals surface area contributed by atoms with Gasteiger partial charge in [-0.3, -0.25) is 0 Å². The van der Waals surface area contributed by atoms with Crippen LogP contribution in [0, 0.1) is 0 Å². The SMILES string of the molecule is CC(C)Oc1ccccc1C(CN)N(C)c1ccccc1. The highest BCUT2D eigenvalue weighted by atomic mass is 16.5. The fraction of sp³-hybridized carbons (Fsp3) is 0.333. The molecule has 0 aliphatic carbocycles. The van der Waals surface area contributed by atoms with Crippen LogP contribution >= 0.6 is 0 Å². The predicted molar refractivity (Wildman–Crippen MR) is 88.8 cm³/mol. The van der Waals surface area contributed by atoms with Crippen molar-refractivity contribution in [3.63, 3.8) is 0 Å². The summed E-state index contributed by atoms with van der Waals surface area (Å²) in [5.41, 5.74) is 8.32. The van der Waals surface area contributed by atoms with E-state index in [2.05, 4.69) is 30.1 Å². The molecule has 3 nitrogen and oxygen atoms in total. The maximum atomic E-state index is 6.05. The summed E-state index contributed by atoms with van der Waals surface area (Å²) in [6, 6.07) is 18.5. The van der Waals surface area contributed by atoms with Gasteiger partial charge in [0.2, 0.25) is 0 Å². The lowest BCUT2D eigenvalue weighted by Crippen LogP contribution is -2.31. The Morgan fingerprint density at radius 3 is 2.24 bits per heavy atom. The van der Waals surface area contributed by atoms with Crippen molar-refractivity contribution in [3.05, 3.63) is 60.2 Å². The number of likely N-dealkylation sites (N-methyl/N-ethyl adjacent to an activating group) is 1. The topological polar surface area (TPSA) is 38.5 Å². The largest absolute Gasteiger partial charge is 0.491 e. The van der Waals surface area contributed by atoms with Gasteiger partial charge in [0.05, 0.1) is 12.1 Å². The average Bonchev–Trinajstić information content (AvgIpc) is 2.50. The average molecular weight is 284 g/mol. The van der Waals surface area contributed by atoms with E-state index in [0.29, 0.717) is 6.54 Å².